The van der Waals surface area contributed by atoms with E-state index < -0.39 is 0 Å². The van der Waals surface area contributed by atoms with Crippen molar-refractivity contribution < 1.29 is 0 Å². The van der Waals surface area contributed by atoms with E-state index in [9.17, 15) is 0 Å². The molecule has 0 rings (SSSR count). The van der Waals surface area contributed by atoms with E-state index >= 15 is 0 Å². The molecule has 0 fully saturated rings. The summed E-state index contributed by atoms with van der Waals surface area (Å²) >= 11 is 0. The molecule has 0 atom stereocenters. The van der Waals surface area contributed by atoms with Gasteiger partial charge in [0.2, 0.25) is 0 Å². The second kappa shape index (κ2) is 16.3. The molecule has 0 amide bonds. The Bertz CT molecular complexity index is 188. The van der Waals surface area contributed by atoms with Crippen molar-refractivity contribution in [3.8, 4) is 0 Å². The van der Waals surface area contributed by atoms with Crippen molar-refractivity contribution in [2.45, 2.75) is 117 Å². The van der Waals surface area contributed by atoms with Crippen LogP contribution >= 0.6 is 0 Å². The maximum atomic E-state index is 2.46. The maximum Gasteiger partial charge on any atom is 0.00355 e. The van der Waals surface area contributed by atoms with Crippen LogP contribution in [0.4, 0.5) is 0 Å². The molecule has 0 spiro atoms. The molecule has 0 saturated heterocycles. The lowest BCUT2D eigenvalue weighted by Crippen LogP contribution is -2.27. The van der Waals surface area contributed by atoms with Crippen molar-refractivity contribution in [2.75, 3.05) is 13.6 Å². The highest BCUT2D eigenvalue weighted by Crippen LogP contribution is 2.13. The molecule has 1 heteroatoms. The van der Waals surface area contributed by atoms with E-state index in [1.54, 1.807) is 0 Å². The predicted octanol–water partition coefficient (Wildman–Crippen LogP) is 6.81. The third kappa shape index (κ3) is 16.2. The Morgan fingerprint density at radius 2 is 0.905 bits per heavy atom. The summed E-state index contributed by atoms with van der Waals surface area (Å²) in [4.78, 5) is 2.46. The van der Waals surface area contributed by atoms with Crippen LogP contribution in [0.5, 0.6) is 0 Å². The topological polar surface area (TPSA) is 3.24 Å². The third-order valence-corrected chi connectivity index (χ3v) is 4.75. The monoisotopic (exact) mass is 297 g/mol. The SMILES string of the molecule is CCCCCCCCCCCCCCCCN(C)C(C)C. The van der Waals surface area contributed by atoms with Gasteiger partial charge in [0.05, 0.1) is 0 Å². The summed E-state index contributed by atoms with van der Waals surface area (Å²) < 4.78 is 0. The highest BCUT2D eigenvalue weighted by molar-refractivity contribution is 4.57. The Hall–Kier alpha value is -0.0400. The average Bonchev–Trinajstić information content (AvgIpc) is 2.47. The fourth-order valence-electron chi connectivity index (χ4n) is 2.81. The van der Waals surface area contributed by atoms with Gasteiger partial charge in [-0.05, 0) is 33.9 Å². The van der Waals surface area contributed by atoms with Crippen molar-refractivity contribution in [2.24, 2.45) is 0 Å². The van der Waals surface area contributed by atoms with Crippen molar-refractivity contribution >= 4 is 0 Å². The first kappa shape index (κ1) is 21.0. The first-order valence-electron chi connectivity index (χ1n) is 9.88. The normalized spacial score (nSPS) is 11.7. The molecule has 0 aliphatic rings. The van der Waals surface area contributed by atoms with Crippen LogP contribution in [0.15, 0.2) is 0 Å². The lowest BCUT2D eigenvalue weighted by molar-refractivity contribution is 0.267. The lowest BCUT2D eigenvalue weighted by Gasteiger charge is -2.20. The molecule has 128 valence electrons. The first-order valence-corrected chi connectivity index (χ1v) is 9.88. The zero-order chi connectivity index (χ0) is 15.8. The number of rotatable bonds is 16. The molecule has 1 nitrogen and oxygen atoms in total. The summed E-state index contributed by atoms with van der Waals surface area (Å²) in [7, 11) is 2.24. The number of hydrogen-bond acceptors (Lipinski definition) is 1. The summed E-state index contributed by atoms with van der Waals surface area (Å²) in [5.74, 6) is 0. The quantitative estimate of drug-likeness (QED) is 0.283. The minimum absolute atomic E-state index is 0.701. The van der Waals surface area contributed by atoms with Crippen LogP contribution < -0.4 is 0 Å². The van der Waals surface area contributed by atoms with E-state index in [4.69, 9.17) is 0 Å². The Kier molecular flexibility index (Phi) is 16.3. The van der Waals surface area contributed by atoms with E-state index in [0.717, 1.165) is 0 Å². The summed E-state index contributed by atoms with van der Waals surface area (Å²) in [5.41, 5.74) is 0. The second-order valence-electron chi connectivity index (χ2n) is 7.17. The minimum Gasteiger partial charge on any atom is -0.304 e. The van der Waals surface area contributed by atoms with Gasteiger partial charge < -0.3 is 4.90 Å². The van der Waals surface area contributed by atoms with E-state index in [0.29, 0.717) is 6.04 Å². The van der Waals surface area contributed by atoms with Gasteiger partial charge in [0, 0.05) is 6.04 Å². The van der Waals surface area contributed by atoms with E-state index in [1.807, 2.05) is 0 Å². The smallest absolute Gasteiger partial charge is 0.00355 e. The van der Waals surface area contributed by atoms with Crippen molar-refractivity contribution in [3.05, 3.63) is 0 Å². The van der Waals surface area contributed by atoms with Gasteiger partial charge in [-0.2, -0.15) is 0 Å². The third-order valence-electron chi connectivity index (χ3n) is 4.75. The van der Waals surface area contributed by atoms with Crippen molar-refractivity contribution in [3.63, 3.8) is 0 Å². The van der Waals surface area contributed by atoms with Crippen LogP contribution in [-0.4, -0.2) is 24.5 Å². The molecule has 0 N–H and O–H groups in total. The van der Waals surface area contributed by atoms with Gasteiger partial charge in [0.1, 0.15) is 0 Å². The second-order valence-corrected chi connectivity index (χ2v) is 7.17. The highest BCUT2D eigenvalue weighted by atomic mass is 15.1. The van der Waals surface area contributed by atoms with Gasteiger partial charge in [-0.3, -0.25) is 0 Å². The van der Waals surface area contributed by atoms with Crippen molar-refractivity contribution in [1.82, 2.24) is 4.90 Å². The van der Waals surface area contributed by atoms with Gasteiger partial charge in [-0.25, -0.2) is 0 Å². The van der Waals surface area contributed by atoms with E-state index in [2.05, 4.69) is 32.7 Å². The maximum absolute atomic E-state index is 2.46. The molecular weight excluding hydrogens is 254 g/mol. The average molecular weight is 298 g/mol. The van der Waals surface area contributed by atoms with Crippen LogP contribution in [0, 0.1) is 0 Å². The van der Waals surface area contributed by atoms with Crippen LogP contribution in [0.2, 0.25) is 0 Å². The molecule has 21 heavy (non-hydrogen) atoms. The number of nitrogens with zero attached hydrogens (tertiary/aromatic N) is 1. The van der Waals surface area contributed by atoms with Crippen LogP contribution in [0.1, 0.15) is 111 Å². The fraction of sp³-hybridized carbons (Fsp3) is 1.00. The van der Waals surface area contributed by atoms with E-state index in [-0.39, 0.29) is 0 Å². The first-order chi connectivity index (χ1) is 10.2. The fourth-order valence-corrected chi connectivity index (χ4v) is 2.81. The number of unbranched alkanes of at least 4 members (excludes halogenated alkanes) is 13. The zero-order valence-corrected chi connectivity index (χ0v) is 15.6. The lowest BCUT2D eigenvalue weighted by atomic mass is 10.0. The Labute approximate surface area is 135 Å². The van der Waals surface area contributed by atoms with E-state index in [1.165, 1.54) is 96.4 Å². The minimum atomic E-state index is 0.701. The largest absolute Gasteiger partial charge is 0.304 e. The molecule has 0 aliphatic heterocycles. The molecule has 0 aromatic carbocycles. The molecule has 0 saturated carbocycles. The van der Waals surface area contributed by atoms with Gasteiger partial charge in [0.15, 0.2) is 0 Å². The molecule has 0 unspecified atom stereocenters. The standard InChI is InChI=1S/C20H43N/c1-5-6-7-8-9-10-11-12-13-14-15-16-17-18-19-21(4)20(2)3/h20H,5-19H2,1-4H3. The van der Waals surface area contributed by atoms with Crippen LogP contribution in [-0.2, 0) is 0 Å². The van der Waals surface area contributed by atoms with Crippen LogP contribution in [0.3, 0.4) is 0 Å². The molecule has 0 aromatic heterocycles. The number of hydrogen-bond donors (Lipinski definition) is 0. The predicted molar refractivity (Wildman–Crippen MR) is 98.1 cm³/mol. The summed E-state index contributed by atoms with van der Waals surface area (Å²) in [6.07, 6.45) is 20.3. The molecule has 0 radical (unpaired) electrons. The summed E-state index contributed by atoms with van der Waals surface area (Å²) in [6.45, 7) is 8.13. The molecule has 0 aliphatic carbocycles. The molecule has 0 heterocycles. The van der Waals surface area contributed by atoms with Crippen molar-refractivity contribution in [1.29, 1.82) is 0 Å². The molecule has 0 bridgehead atoms. The highest BCUT2D eigenvalue weighted by Gasteiger charge is 2.01. The molecular formula is C20H43N. The Morgan fingerprint density at radius 1 is 0.571 bits per heavy atom. The summed E-state index contributed by atoms with van der Waals surface area (Å²) in [6, 6.07) is 0.701. The molecule has 0 aromatic rings. The van der Waals surface area contributed by atoms with Gasteiger partial charge in [0.25, 0.3) is 0 Å². The Balaban J connectivity index is 3.03. The zero-order valence-electron chi connectivity index (χ0n) is 15.6. The Morgan fingerprint density at radius 3 is 1.24 bits per heavy atom. The van der Waals surface area contributed by atoms with Gasteiger partial charge >= 0.3 is 0 Å². The van der Waals surface area contributed by atoms with Gasteiger partial charge in [-0.15, -0.1) is 0 Å². The summed E-state index contributed by atoms with van der Waals surface area (Å²) in [5, 5.41) is 0. The van der Waals surface area contributed by atoms with Crippen LogP contribution in [0.25, 0.3) is 0 Å². The van der Waals surface area contributed by atoms with Gasteiger partial charge in [-0.1, -0.05) is 90.4 Å².